The Kier molecular flexibility index (Phi) is 6.21. The van der Waals surface area contributed by atoms with Crippen LogP contribution in [0.4, 0.5) is 0 Å². The lowest BCUT2D eigenvalue weighted by Gasteiger charge is -2.15. The molecule has 7 heteroatoms. The van der Waals surface area contributed by atoms with Gasteiger partial charge in [-0.25, -0.2) is 4.79 Å². The quantitative estimate of drug-likeness (QED) is 0.456. The van der Waals surface area contributed by atoms with Crippen molar-refractivity contribution in [2.24, 2.45) is 0 Å². The highest BCUT2D eigenvalue weighted by atomic mass is 35.5. The molecule has 4 rings (SSSR count). The number of rotatable bonds is 7. The second kappa shape index (κ2) is 9.20. The van der Waals surface area contributed by atoms with Crippen molar-refractivity contribution < 1.29 is 9.84 Å². The summed E-state index contributed by atoms with van der Waals surface area (Å²) in [6.07, 6.45) is 0.747. The lowest BCUT2D eigenvalue weighted by molar-refractivity contribution is 0.278. The van der Waals surface area contributed by atoms with Gasteiger partial charge in [0.2, 0.25) is 0 Å². The second-order valence-electron chi connectivity index (χ2n) is 7.15. The molecule has 0 fully saturated rings. The molecule has 0 unspecified atom stereocenters. The third kappa shape index (κ3) is 4.55. The zero-order valence-corrected chi connectivity index (χ0v) is 17.4. The standard InChI is InChI=1S/C24H21ClN2O4/c25-17-8-4-9-18(15-17)31-21-11-10-20-22(19(21)14-16-6-2-1-3-7-16)23(29)27(12-5-13-28)24(30)26-20/h1-4,6-11,15,28H,5,12-14H2,(H,26,30). The van der Waals surface area contributed by atoms with Crippen LogP contribution in [0.25, 0.3) is 10.9 Å². The maximum atomic E-state index is 13.3. The third-order valence-electron chi connectivity index (χ3n) is 5.00. The Morgan fingerprint density at radius 1 is 1.00 bits per heavy atom. The van der Waals surface area contributed by atoms with Crippen molar-refractivity contribution >= 4 is 22.5 Å². The van der Waals surface area contributed by atoms with Crippen LogP contribution in [-0.4, -0.2) is 21.3 Å². The fourth-order valence-corrected chi connectivity index (χ4v) is 3.73. The monoisotopic (exact) mass is 436 g/mol. The van der Waals surface area contributed by atoms with Gasteiger partial charge < -0.3 is 14.8 Å². The molecule has 4 aromatic rings. The molecule has 0 spiro atoms. The molecule has 31 heavy (non-hydrogen) atoms. The number of hydrogen-bond donors (Lipinski definition) is 2. The number of fused-ring (bicyclic) bond motifs is 1. The predicted octanol–water partition coefficient (Wildman–Crippen LogP) is 4.11. The Hall–Kier alpha value is -3.35. The first-order valence-corrected chi connectivity index (χ1v) is 10.3. The first-order valence-electron chi connectivity index (χ1n) is 9.93. The zero-order chi connectivity index (χ0) is 21.8. The van der Waals surface area contributed by atoms with E-state index in [-0.39, 0.29) is 13.2 Å². The molecule has 158 valence electrons. The van der Waals surface area contributed by atoms with Gasteiger partial charge in [0.05, 0.1) is 10.9 Å². The molecule has 1 aromatic heterocycles. The molecule has 0 atom stereocenters. The van der Waals surface area contributed by atoms with Crippen molar-refractivity contribution in [2.75, 3.05) is 6.61 Å². The highest BCUT2D eigenvalue weighted by Gasteiger charge is 2.17. The van der Waals surface area contributed by atoms with Gasteiger partial charge in [0.25, 0.3) is 5.56 Å². The summed E-state index contributed by atoms with van der Waals surface area (Å²) in [5.74, 6) is 1.06. The number of H-pyrrole nitrogens is 1. The maximum absolute atomic E-state index is 13.3. The molecule has 6 nitrogen and oxygen atoms in total. The van der Waals surface area contributed by atoms with Crippen molar-refractivity contribution in [3.63, 3.8) is 0 Å². The molecule has 2 N–H and O–H groups in total. The van der Waals surface area contributed by atoms with Gasteiger partial charge in [-0.1, -0.05) is 48.0 Å². The molecular formula is C24H21ClN2O4. The number of benzene rings is 3. The minimum atomic E-state index is -0.500. The third-order valence-corrected chi connectivity index (χ3v) is 5.24. The molecule has 1 heterocycles. The van der Waals surface area contributed by atoms with Gasteiger partial charge in [-0.05, 0) is 42.3 Å². The highest BCUT2D eigenvalue weighted by Crippen LogP contribution is 2.32. The van der Waals surface area contributed by atoms with Crippen molar-refractivity contribution in [1.82, 2.24) is 9.55 Å². The lowest BCUT2D eigenvalue weighted by Crippen LogP contribution is -2.35. The number of halogens is 1. The summed E-state index contributed by atoms with van der Waals surface area (Å²) < 4.78 is 7.23. The average Bonchev–Trinajstić information content (AvgIpc) is 2.76. The molecule has 0 aliphatic carbocycles. The van der Waals surface area contributed by atoms with Gasteiger partial charge in [0, 0.05) is 30.2 Å². The van der Waals surface area contributed by atoms with E-state index in [1.807, 2.05) is 30.3 Å². The molecule has 0 aliphatic heterocycles. The van der Waals surface area contributed by atoms with E-state index in [1.54, 1.807) is 36.4 Å². The molecule has 0 aliphatic rings. The van der Waals surface area contributed by atoms with Gasteiger partial charge >= 0.3 is 5.69 Å². The van der Waals surface area contributed by atoms with Crippen molar-refractivity contribution in [2.45, 2.75) is 19.4 Å². The Bertz CT molecular complexity index is 1330. The summed E-state index contributed by atoms with van der Waals surface area (Å²) in [5.41, 5.74) is 1.20. The minimum absolute atomic E-state index is 0.112. The van der Waals surface area contributed by atoms with Crippen molar-refractivity contribution in [1.29, 1.82) is 0 Å². The zero-order valence-electron chi connectivity index (χ0n) is 16.7. The number of aromatic amines is 1. The first-order chi connectivity index (χ1) is 15.1. The summed E-state index contributed by atoms with van der Waals surface area (Å²) in [6.45, 7) is 0.0173. The van der Waals surface area contributed by atoms with E-state index in [4.69, 9.17) is 21.4 Å². The molecular weight excluding hydrogens is 416 g/mol. The first kappa shape index (κ1) is 20.9. The number of hydrogen-bond acceptors (Lipinski definition) is 4. The van der Waals surface area contributed by atoms with Crippen LogP contribution in [0.5, 0.6) is 11.5 Å². The van der Waals surface area contributed by atoms with Crippen molar-refractivity contribution in [3.8, 4) is 11.5 Å². The molecule has 3 aromatic carbocycles. The summed E-state index contributed by atoms with van der Waals surface area (Å²) in [6, 6.07) is 20.2. The van der Waals surface area contributed by atoms with Gasteiger partial charge in [-0.2, -0.15) is 0 Å². The van der Waals surface area contributed by atoms with Crippen LogP contribution in [0.2, 0.25) is 5.02 Å². The van der Waals surface area contributed by atoms with Gasteiger partial charge in [-0.15, -0.1) is 0 Å². The summed E-state index contributed by atoms with van der Waals surface area (Å²) in [7, 11) is 0. The smallest absolute Gasteiger partial charge is 0.328 e. The van der Waals surface area contributed by atoms with Crippen LogP contribution in [0.15, 0.2) is 76.3 Å². The Morgan fingerprint density at radius 3 is 2.55 bits per heavy atom. The van der Waals surface area contributed by atoms with Gasteiger partial charge in [0.1, 0.15) is 11.5 Å². The minimum Gasteiger partial charge on any atom is -0.457 e. The summed E-state index contributed by atoms with van der Waals surface area (Å²) in [5, 5.41) is 10.1. The van der Waals surface area contributed by atoms with Crippen LogP contribution >= 0.6 is 11.6 Å². The maximum Gasteiger partial charge on any atom is 0.328 e. The van der Waals surface area contributed by atoms with Crippen LogP contribution in [-0.2, 0) is 13.0 Å². The molecule has 0 saturated heterocycles. The Labute approximate surface area is 183 Å². The van der Waals surface area contributed by atoms with E-state index in [9.17, 15) is 9.59 Å². The Morgan fingerprint density at radius 2 is 1.81 bits per heavy atom. The second-order valence-corrected chi connectivity index (χ2v) is 7.59. The Balaban J connectivity index is 1.92. The van der Waals surface area contributed by atoms with E-state index >= 15 is 0 Å². The van der Waals surface area contributed by atoms with Crippen molar-refractivity contribution in [3.05, 3.63) is 104 Å². The van der Waals surface area contributed by atoms with Crippen LogP contribution < -0.4 is 16.0 Å². The van der Waals surface area contributed by atoms with E-state index in [2.05, 4.69) is 4.98 Å². The molecule has 0 radical (unpaired) electrons. The predicted molar refractivity (Wildman–Crippen MR) is 121 cm³/mol. The fraction of sp³-hybridized carbons (Fsp3) is 0.167. The number of nitrogens with zero attached hydrogens (tertiary/aromatic N) is 1. The van der Waals surface area contributed by atoms with Crippen LogP contribution in [0.1, 0.15) is 17.5 Å². The lowest BCUT2D eigenvalue weighted by atomic mass is 10.00. The van der Waals surface area contributed by atoms with E-state index in [0.29, 0.717) is 45.8 Å². The highest BCUT2D eigenvalue weighted by molar-refractivity contribution is 6.30. The average molecular weight is 437 g/mol. The number of aromatic nitrogens is 2. The van der Waals surface area contributed by atoms with Gasteiger partial charge in [0.15, 0.2) is 0 Å². The molecule has 0 saturated carbocycles. The SMILES string of the molecule is O=c1[nH]c2ccc(Oc3cccc(Cl)c3)c(Cc3ccccc3)c2c(=O)n1CCCO. The molecule has 0 amide bonds. The van der Waals surface area contributed by atoms with Crippen LogP contribution in [0.3, 0.4) is 0 Å². The number of ether oxygens (including phenoxy) is 1. The van der Waals surface area contributed by atoms with E-state index in [0.717, 1.165) is 10.1 Å². The van der Waals surface area contributed by atoms with E-state index in [1.165, 1.54) is 0 Å². The summed E-state index contributed by atoms with van der Waals surface area (Å²) in [4.78, 5) is 28.5. The number of aliphatic hydroxyl groups excluding tert-OH is 1. The van der Waals surface area contributed by atoms with Crippen LogP contribution in [0, 0.1) is 0 Å². The van der Waals surface area contributed by atoms with E-state index < -0.39 is 11.2 Å². The summed E-state index contributed by atoms with van der Waals surface area (Å²) >= 11 is 6.09. The fourth-order valence-electron chi connectivity index (χ4n) is 3.55. The normalized spacial score (nSPS) is 11.0. The van der Waals surface area contributed by atoms with Gasteiger partial charge in [-0.3, -0.25) is 9.36 Å². The largest absolute Gasteiger partial charge is 0.457 e. The number of aliphatic hydroxyl groups is 1. The topological polar surface area (TPSA) is 84.3 Å². The molecule has 0 bridgehead atoms. The number of nitrogens with one attached hydrogen (secondary N) is 1.